The SMILES string of the molecule is COc1ccsc1-c1nnnn1C(C)(C)C(=O)O. The summed E-state index contributed by atoms with van der Waals surface area (Å²) in [7, 11) is 1.54. The highest BCUT2D eigenvalue weighted by molar-refractivity contribution is 7.13. The molecule has 0 radical (unpaired) electrons. The van der Waals surface area contributed by atoms with E-state index in [1.54, 1.807) is 13.2 Å². The minimum absolute atomic E-state index is 0.384. The van der Waals surface area contributed by atoms with Crippen molar-refractivity contribution in [3.63, 3.8) is 0 Å². The summed E-state index contributed by atoms with van der Waals surface area (Å²) in [5.74, 6) is -0.00179. The molecule has 0 aliphatic heterocycles. The monoisotopic (exact) mass is 268 g/mol. The van der Waals surface area contributed by atoms with Crippen LogP contribution in [-0.2, 0) is 10.3 Å². The van der Waals surface area contributed by atoms with Crippen LogP contribution in [0.2, 0.25) is 0 Å². The first-order chi connectivity index (χ1) is 8.48. The van der Waals surface area contributed by atoms with Crippen LogP contribution in [0.3, 0.4) is 0 Å². The Hall–Kier alpha value is -1.96. The van der Waals surface area contributed by atoms with Gasteiger partial charge in [-0.25, -0.2) is 9.48 Å². The smallest absolute Gasteiger partial charge is 0.331 e. The van der Waals surface area contributed by atoms with Gasteiger partial charge in [0.1, 0.15) is 10.6 Å². The number of thiophene rings is 1. The number of hydrogen-bond acceptors (Lipinski definition) is 6. The molecule has 2 heterocycles. The molecule has 18 heavy (non-hydrogen) atoms. The zero-order chi connectivity index (χ0) is 13.3. The normalized spacial score (nSPS) is 11.5. The van der Waals surface area contributed by atoms with Gasteiger partial charge in [0.15, 0.2) is 11.4 Å². The third-order valence-corrected chi connectivity index (χ3v) is 3.47. The molecule has 1 N–H and O–H groups in total. The predicted molar refractivity (Wildman–Crippen MR) is 64.6 cm³/mol. The number of hydrogen-bond donors (Lipinski definition) is 1. The first-order valence-electron chi connectivity index (χ1n) is 5.12. The maximum atomic E-state index is 11.3. The molecule has 8 heteroatoms. The highest BCUT2D eigenvalue weighted by Crippen LogP contribution is 2.35. The molecule has 0 saturated carbocycles. The molecule has 0 atom stereocenters. The lowest BCUT2D eigenvalue weighted by Gasteiger charge is -2.20. The van der Waals surface area contributed by atoms with Crippen LogP contribution in [0.4, 0.5) is 0 Å². The maximum Gasteiger partial charge on any atom is 0.331 e. The van der Waals surface area contributed by atoms with Crippen molar-refractivity contribution in [2.24, 2.45) is 0 Å². The molecular formula is C10H12N4O3S. The zero-order valence-electron chi connectivity index (χ0n) is 10.1. The number of carbonyl (C=O) groups is 1. The van der Waals surface area contributed by atoms with Gasteiger partial charge in [-0.3, -0.25) is 0 Å². The van der Waals surface area contributed by atoms with E-state index in [0.717, 1.165) is 0 Å². The Bertz CT molecular complexity index is 575. The molecule has 2 rings (SSSR count). The van der Waals surface area contributed by atoms with Gasteiger partial charge in [-0.05, 0) is 35.7 Å². The molecule has 7 nitrogen and oxygen atoms in total. The second-order valence-electron chi connectivity index (χ2n) is 4.10. The minimum Gasteiger partial charge on any atom is -0.495 e. The third kappa shape index (κ3) is 1.84. The number of rotatable bonds is 4. The minimum atomic E-state index is -1.23. The Morgan fingerprint density at radius 3 is 2.89 bits per heavy atom. The summed E-state index contributed by atoms with van der Waals surface area (Å²) < 4.78 is 6.47. The van der Waals surface area contributed by atoms with E-state index in [4.69, 9.17) is 4.74 Å². The number of aliphatic carboxylic acids is 1. The molecule has 0 spiro atoms. The lowest BCUT2D eigenvalue weighted by Crippen LogP contribution is -2.37. The Morgan fingerprint density at radius 2 is 2.28 bits per heavy atom. The van der Waals surface area contributed by atoms with Crippen molar-refractivity contribution in [3.8, 4) is 16.5 Å². The molecule has 96 valence electrons. The summed E-state index contributed by atoms with van der Waals surface area (Å²) in [6, 6.07) is 1.78. The van der Waals surface area contributed by atoms with Gasteiger partial charge < -0.3 is 9.84 Å². The third-order valence-electron chi connectivity index (χ3n) is 2.57. The van der Waals surface area contributed by atoms with Crippen molar-refractivity contribution in [1.29, 1.82) is 0 Å². The summed E-state index contributed by atoms with van der Waals surface area (Å²) in [6.45, 7) is 3.07. The number of tetrazole rings is 1. The summed E-state index contributed by atoms with van der Waals surface area (Å²) in [5.41, 5.74) is -1.23. The van der Waals surface area contributed by atoms with E-state index in [0.29, 0.717) is 16.5 Å². The molecule has 0 aliphatic carbocycles. The standard InChI is InChI=1S/C10H12N4O3S/c1-10(2,9(15)16)14-8(11-12-13-14)7-6(17-3)4-5-18-7/h4-5H,1-3H3,(H,15,16). The van der Waals surface area contributed by atoms with Gasteiger partial charge in [0.25, 0.3) is 0 Å². The zero-order valence-corrected chi connectivity index (χ0v) is 10.9. The second-order valence-corrected chi connectivity index (χ2v) is 5.01. The fourth-order valence-electron chi connectivity index (χ4n) is 1.42. The number of ether oxygens (including phenoxy) is 1. The molecule has 0 saturated heterocycles. The molecule has 0 unspecified atom stereocenters. The van der Waals surface area contributed by atoms with Crippen LogP contribution in [0.15, 0.2) is 11.4 Å². The lowest BCUT2D eigenvalue weighted by molar-refractivity contribution is -0.146. The number of aromatic nitrogens is 4. The van der Waals surface area contributed by atoms with Crippen LogP contribution in [0.1, 0.15) is 13.8 Å². The van der Waals surface area contributed by atoms with Crippen LogP contribution in [0.25, 0.3) is 10.7 Å². The van der Waals surface area contributed by atoms with Gasteiger partial charge >= 0.3 is 5.97 Å². The molecule has 2 aromatic heterocycles. The Morgan fingerprint density at radius 1 is 1.56 bits per heavy atom. The van der Waals surface area contributed by atoms with Crippen LogP contribution < -0.4 is 4.74 Å². The van der Waals surface area contributed by atoms with Crippen LogP contribution >= 0.6 is 11.3 Å². The first-order valence-corrected chi connectivity index (χ1v) is 6.00. The van der Waals surface area contributed by atoms with E-state index in [1.165, 1.54) is 29.9 Å². The quantitative estimate of drug-likeness (QED) is 0.897. The van der Waals surface area contributed by atoms with Crippen molar-refractivity contribution < 1.29 is 14.6 Å². The fourth-order valence-corrected chi connectivity index (χ4v) is 2.25. The van der Waals surface area contributed by atoms with Gasteiger partial charge in [-0.1, -0.05) is 0 Å². The highest BCUT2D eigenvalue weighted by atomic mass is 32.1. The highest BCUT2D eigenvalue weighted by Gasteiger charge is 2.34. The van der Waals surface area contributed by atoms with Crippen LogP contribution in [0, 0.1) is 0 Å². The van der Waals surface area contributed by atoms with Crippen molar-refractivity contribution in [3.05, 3.63) is 11.4 Å². The lowest BCUT2D eigenvalue weighted by atomic mass is 10.1. The van der Waals surface area contributed by atoms with E-state index >= 15 is 0 Å². The average molecular weight is 268 g/mol. The van der Waals surface area contributed by atoms with Gasteiger partial charge in [-0.15, -0.1) is 16.4 Å². The second kappa shape index (κ2) is 4.37. The first kappa shape index (κ1) is 12.5. The van der Waals surface area contributed by atoms with E-state index in [-0.39, 0.29) is 0 Å². The van der Waals surface area contributed by atoms with E-state index < -0.39 is 11.5 Å². The predicted octanol–water partition coefficient (Wildman–Crippen LogP) is 1.23. The van der Waals surface area contributed by atoms with E-state index in [9.17, 15) is 9.90 Å². The number of nitrogens with zero attached hydrogens (tertiary/aromatic N) is 4. The topological polar surface area (TPSA) is 90.1 Å². The van der Waals surface area contributed by atoms with Crippen LogP contribution in [-0.4, -0.2) is 38.4 Å². The van der Waals surface area contributed by atoms with Crippen LogP contribution in [0.5, 0.6) is 5.75 Å². The molecule has 0 amide bonds. The Kier molecular flexibility index (Phi) is 3.04. The van der Waals surface area contributed by atoms with Crippen molar-refractivity contribution >= 4 is 17.3 Å². The molecule has 0 aromatic carbocycles. The molecule has 0 bridgehead atoms. The summed E-state index contributed by atoms with van der Waals surface area (Å²) in [4.78, 5) is 12.0. The van der Waals surface area contributed by atoms with Gasteiger partial charge in [0.2, 0.25) is 0 Å². The molecular weight excluding hydrogens is 256 g/mol. The number of methoxy groups -OCH3 is 1. The van der Waals surface area contributed by atoms with Crippen molar-refractivity contribution in [1.82, 2.24) is 20.2 Å². The Balaban J connectivity index is 2.55. The number of carboxylic acid groups (broad SMARTS) is 1. The van der Waals surface area contributed by atoms with E-state index in [2.05, 4.69) is 15.5 Å². The molecule has 2 aromatic rings. The van der Waals surface area contributed by atoms with Crippen molar-refractivity contribution in [2.45, 2.75) is 19.4 Å². The summed E-state index contributed by atoms with van der Waals surface area (Å²) >= 11 is 1.39. The van der Waals surface area contributed by atoms with E-state index in [1.807, 2.05) is 5.38 Å². The summed E-state index contributed by atoms with van der Waals surface area (Å²) in [6.07, 6.45) is 0. The Labute approximate surface area is 107 Å². The molecule has 0 aliphatic rings. The fraction of sp³-hybridized carbons (Fsp3) is 0.400. The van der Waals surface area contributed by atoms with Gasteiger partial charge in [-0.2, -0.15) is 0 Å². The van der Waals surface area contributed by atoms with Gasteiger partial charge in [0, 0.05) is 0 Å². The largest absolute Gasteiger partial charge is 0.495 e. The molecule has 0 fully saturated rings. The number of carboxylic acids is 1. The average Bonchev–Trinajstić information content (AvgIpc) is 2.96. The van der Waals surface area contributed by atoms with Crippen molar-refractivity contribution in [2.75, 3.05) is 7.11 Å². The summed E-state index contributed by atoms with van der Waals surface area (Å²) in [5, 5.41) is 22.3. The van der Waals surface area contributed by atoms with Gasteiger partial charge in [0.05, 0.1) is 7.11 Å². The maximum absolute atomic E-state index is 11.3.